The molecule has 0 atom stereocenters. The summed E-state index contributed by atoms with van der Waals surface area (Å²) >= 11 is 5.89. The molecule has 2 aromatic carbocycles. The number of hydrogen-bond acceptors (Lipinski definition) is 3. The van der Waals surface area contributed by atoms with E-state index in [2.05, 4.69) is 5.32 Å². The van der Waals surface area contributed by atoms with Crippen molar-refractivity contribution < 1.29 is 10.2 Å². The SMILES string of the molecule is Oc1cccc(CNCc2cccc(Cl)c2)c1O. The third-order valence-electron chi connectivity index (χ3n) is 2.63. The van der Waals surface area contributed by atoms with E-state index in [-0.39, 0.29) is 11.5 Å². The zero-order valence-electron chi connectivity index (χ0n) is 9.73. The molecule has 94 valence electrons. The second-order valence-electron chi connectivity index (χ2n) is 4.02. The molecule has 0 aliphatic carbocycles. The maximum absolute atomic E-state index is 9.63. The Kier molecular flexibility index (Phi) is 4.07. The third kappa shape index (κ3) is 3.15. The molecule has 0 aliphatic heterocycles. The fourth-order valence-corrected chi connectivity index (χ4v) is 1.92. The van der Waals surface area contributed by atoms with E-state index in [9.17, 15) is 10.2 Å². The first-order valence-corrected chi connectivity index (χ1v) is 5.99. The predicted molar refractivity (Wildman–Crippen MR) is 71.8 cm³/mol. The van der Waals surface area contributed by atoms with Crippen molar-refractivity contribution in [3.8, 4) is 11.5 Å². The molecule has 0 saturated heterocycles. The molecule has 0 aromatic heterocycles. The van der Waals surface area contributed by atoms with Gasteiger partial charge in [0.2, 0.25) is 0 Å². The van der Waals surface area contributed by atoms with E-state index in [0.717, 1.165) is 5.56 Å². The Morgan fingerprint density at radius 2 is 1.78 bits per heavy atom. The number of aromatic hydroxyl groups is 2. The summed E-state index contributed by atoms with van der Waals surface area (Å²) in [6.45, 7) is 1.13. The van der Waals surface area contributed by atoms with Crippen LogP contribution in [-0.2, 0) is 13.1 Å². The fraction of sp³-hybridized carbons (Fsp3) is 0.143. The van der Waals surface area contributed by atoms with Gasteiger partial charge in [0.05, 0.1) is 0 Å². The Labute approximate surface area is 111 Å². The number of phenols is 2. The maximum atomic E-state index is 9.63. The molecule has 0 aliphatic rings. The van der Waals surface area contributed by atoms with Gasteiger partial charge in [0, 0.05) is 23.7 Å². The summed E-state index contributed by atoms with van der Waals surface area (Å²) in [7, 11) is 0. The van der Waals surface area contributed by atoms with Gasteiger partial charge in [-0.05, 0) is 23.8 Å². The first-order valence-electron chi connectivity index (χ1n) is 5.62. The molecular weight excluding hydrogens is 250 g/mol. The quantitative estimate of drug-likeness (QED) is 0.743. The predicted octanol–water partition coefficient (Wildman–Crippen LogP) is 3.04. The second-order valence-corrected chi connectivity index (χ2v) is 4.45. The van der Waals surface area contributed by atoms with Crippen LogP contribution in [0.2, 0.25) is 5.02 Å². The second kappa shape index (κ2) is 5.76. The van der Waals surface area contributed by atoms with Crippen LogP contribution in [0.15, 0.2) is 42.5 Å². The number of rotatable bonds is 4. The van der Waals surface area contributed by atoms with Crippen molar-refractivity contribution >= 4 is 11.6 Å². The van der Waals surface area contributed by atoms with E-state index in [1.54, 1.807) is 12.1 Å². The number of halogens is 1. The Morgan fingerprint density at radius 3 is 2.56 bits per heavy atom. The van der Waals surface area contributed by atoms with Crippen LogP contribution in [0, 0.1) is 0 Å². The summed E-state index contributed by atoms with van der Waals surface area (Å²) in [5, 5.41) is 22.9. The van der Waals surface area contributed by atoms with Crippen molar-refractivity contribution in [2.24, 2.45) is 0 Å². The monoisotopic (exact) mass is 263 g/mol. The Hall–Kier alpha value is -1.71. The molecule has 0 radical (unpaired) electrons. The van der Waals surface area contributed by atoms with Crippen LogP contribution in [0.5, 0.6) is 11.5 Å². The van der Waals surface area contributed by atoms with Gasteiger partial charge in [0.15, 0.2) is 11.5 Å². The average Bonchev–Trinajstić information content (AvgIpc) is 2.35. The molecule has 18 heavy (non-hydrogen) atoms. The molecule has 0 unspecified atom stereocenters. The van der Waals surface area contributed by atoms with Gasteiger partial charge < -0.3 is 15.5 Å². The lowest BCUT2D eigenvalue weighted by Crippen LogP contribution is -2.12. The molecule has 0 heterocycles. The lowest BCUT2D eigenvalue weighted by atomic mass is 10.1. The van der Waals surface area contributed by atoms with E-state index in [4.69, 9.17) is 11.6 Å². The smallest absolute Gasteiger partial charge is 0.161 e. The van der Waals surface area contributed by atoms with Crippen molar-refractivity contribution in [2.45, 2.75) is 13.1 Å². The Bertz CT molecular complexity index is 543. The molecule has 2 aromatic rings. The van der Waals surface area contributed by atoms with E-state index >= 15 is 0 Å². The van der Waals surface area contributed by atoms with Gasteiger partial charge in [-0.1, -0.05) is 35.9 Å². The number of para-hydroxylation sites is 1. The van der Waals surface area contributed by atoms with Crippen LogP contribution in [0.3, 0.4) is 0 Å². The molecule has 0 spiro atoms. The zero-order valence-corrected chi connectivity index (χ0v) is 10.5. The lowest BCUT2D eigenvalue weighted by molar-refractivity contribution is 0.397. The average molecular weight is 264 g/mol. The molecule has 2 rings (SSSR count). The zero-order chi connectivity index (χ0) is 13.0. The molecule has 0 fully saturated rings. The molecule has 0 saturated carbocycles. The molecule has 4 heteroatoms. The molecule has 3 nitrogen and oxygen atoms in total. The number of benzene rings is 2. The normalized spacial score (nSPS) is 10.5. The number of phenolic OH excluding ortho intramolecular Hbond substituents is 2. The van der Waals surface area contributed by atoms with Crippen molar-refractivity contribution in [1.29, 1.82) is 0 Å². The fourth-order valence-electron chi connectivity index (χ4n) is 1.71. The number of hydrogen-bond donors (Lipinski definition) is 3. The minimum absolute atomic E-state index is 0.0731. The van der Waals surface area contributed by atoms with E-state index in [0.29, 0.717) is 23.7 Å². The van der Waals surface area contributed by atoms with Gasteiger partial charge in [-0.2, -0.15) is 0 Å². The Balaban J connectivity index is 1.94. The highest BCUT2D eigenvalue weighted by atomic mass is 35.5. The largest absolute Gasteiger partial charge is 0.504 e. The summed E-state index contributed by atoms with van der Waals surface area (Å²) in [6, 6.07) is 12.5. The standard InChI is InChI=1S/C14H14ClNO2/c15-12-5-1-3-10(7-12)8-16-9-11-4-2-6-13(17)14(11)18/h1-7,16-18H,8-9H2. The van der Waals surface area contributed by atoms with E-state index in [1.165, 1.54) is 6.07 Å². The lowest BCUT2D eigenvalue weighted by Gasteiger charge is -2.08. The summed E-state index contributed by atoms with van der Waals surface area (Å²) in [6.07, 6.45) is 0. The summed E-state index contributed by atoms with van der Waals surface area (Å²) in [4.78, 5) is 0. The van der Waals surface area contributed by atoms with Crippen LogP contribution in [0.25, 0.3) is 0 Å². The van der Waals surface area contributed by atoms with Crippen molar-refractivity contribution in [1.82, 2.24) is 5.32 Å². The van der Waals surface area contributed by atoms with Crippen LogP contribution < -0.4 is 5.32 Å². The first kappa shape index (κ1) is 12.7. The van der Waals surface area contributed by atoms with Gasteiger partial charge in [0.25, 0.3) is 0 Å². The highest BCUT2D eigenvalue weighted by Crippen LogP contribution is 2.27. The van der Waals surface area contributed by atoms with Crippen LogP contribution in [-0.4, -0.2) is 10.2 Å². The van der Waals surface area contributed by atoms with Crippen molar-refractivity contribution in [3.05, 3.63) is 58.6 Å². The first-order chi connectivity index (χ1) is 8.66. The third-order valence-corrected chi connectivity index (χ3v) is 2.87. The van der Waals surface area contributed by atoms with E-state index in [1.807, 2.05) is 24.3 Å². The van der Waals surface area contributed by atoms with Crippen molar-refractivity contribution in [2.75, 3.05) is 0 Å². The molecule has 0 bridgehead atoms. The highest BCUT2D eigenvalue weighted by molar-refractivity contribution is 6.30. The van der Waals surface area contributed by atoms with Crippen LogP contribution >= 0.6 is 11.6 Å². The van der Waals surface area contributed by atoms with Gasteiger partial charge in [-0.25, -0.2) is 0 Å². The minimum atomic E-state index is -0.0999. The number of nitrogens with one attached hydrogen (secondary N) is 1. The van der Waals surface area contributed by atoms with Crippen LogP contribution in [0.1, 0.15) is 11.1 Å². The molecule has 3 N–H and O–H groups in total. The summed E-state index contributed by atoms with van der Waals surface area (Å²) in [5.41, 5.74) is 1.74. The molecular formula is C14H14ClNO2. The topological polar surface area (TPSA) is 52.5 Å². The summed E-state index contributed by atoms with van der Waals surface area (Å²) in [5.74, 6) is -0.173. The van der Waals surface area contributed by atoms with Gasteiger partial charge in [-0.15, -0.1) is 0 Å². The Morgan fingerprint density at radius 1 is 1.00 bits per heavy atom. The van der Waals surface area contributed by atoms with Gasteiger partial charge >= 0.3 is 0 Å². The van der Waals surface area contributed by atoms with Crippen molar-refractivity contribution in [3.63, 3.8) is 0 Å². The van der Waals surface area contributed by atoms with Gasteiger partial charge in [0.1, 0.15) is 0 Å². The minimum Gasteiger partial charge on any atom is -0.504 e. The molecule has 0 amide bonds. The summed E-state index contributed by atoms with van der Waals surface area (Å²) < 4.78 is 0. The maximum Gasteiger partial charge on any atom is 0.161 e. The highest BCUT2D eigenvalue weighted by Gasteiger charge is 2.04. The van der Waals surface area contributed by atoms with Gasteiger partial charge in [-0.3, -0.25) is 0 Å². The van der Waals surface area contributed by atoms with Crippen LogP contribution in [0.4, 0.5) is 0 Å². The van der Waals surface area contributed by atoms with E-state index < -0.39 is 0 Å².